The lowest BCUT2D eigenvalue weighted by Gasteiger charge is -2.18. The van der Waals surface area contributed by atoms with Crippen LogP contribution in [0.4, 0.5) is 0 Å². The quantitative estimate of drug-likeness (QED) is 0.0303. The van der Waals surface area contributed by atoms with Gasteiger partial charge in [-0.3, -0.25) is 14.1 Å². The molecule has 0 aromatic heterocycles. The Morgan fingerprint density at radius 1 is 0.556 bits per heavy atom. The summed E-state index contributed by atoms with van der Waals surface area (Å²) in [6.07, 6.45) is 33.6. The van der Waals surface area contributed by atoms with Crippen molar-refractivity contribution in [1.29, 1.82) is 0 Å². The number of phosphoric ester groups is 1. The SMILES string of the molecule is CCCCCCCC/C=C/CCCCCC(=O)O[C@H](COC(=O)CCCCCCCCCCCCCCCC)COP(=O)(O)O. The van der Waals surface area contributed by atoms with Crippen molar-refractivity contribution < 1.29 is 37.9 Å². The summed E-state index contributed by atoms with van der Waals surface area (Å²) in [7, 11) is -4.74. The van der Waals surface area contributed by atoms with Gasteiger partial charge in [-0.05, 0) is 38.5 Å². The van der Waals surface area contributed by atoms with Gasteiger partial charge >= 0.3 is 19.8 Å². The number of allylic oxidation sites excluding steroid dienone is 2. The minimum absolute atomic E-state index is 0.195. The summed E-state index contributed by atoms with van der Waals surface area (Å²) in [6.45, 7) is 3.66. The van der Waals surface area contributed by atoms with Gasteiger partial charge in [-0.2, -0.15) is 0 Å². The van der Waals surface area contributed by atoms with Crippen LogP contribution in [0, 0.1) is 0 Å². The highest BCUT2D eigenvalue weighted by molar-refractivity contribution is 7.46. The van der Waals surface area contributed by atoms with E-state index in [9.17, 15) is 14.2 Å². The topological polar surface area (TPSA) is 119 Å². The maximum Gasteiger partial charge on any atom is 0.469 e. The summed E-state index contributed by atoms with van der Waals surface area (Å²) in [5, 5.41) is 0. The van der Waals surface area contributed by atoms with Crippen LogP contribution in [0.15, 0.2) is 12.2 Å². The Morgan fingerprint density at radius 2 is 0.933 bits per heavy atom. The molecule has 9 heteroatoms. The van der Waals surface area contributed by atoms with Gasteiger partial charge in [-0.15, -0.1) is 0 Å². The van der Waals surface area contributed by atoms with Crippen LogP contribution in [0.25, 0.3) is 0 Å². The molecule has 0 saturated carbocycles. The number of esters is 2. The molecule has 0 spiro atoms. The second-order valence-electron chi connectivity index (χ2n) is 12.6. The van der Waals surface area contributed by atoms with Crippen molar-refractivity contribution in [1.82, 2.24) is 0 Å². The van der Waals surface area contributed by atoms with Crippen molar-refractivity contribution in [3.8, 4) is 0 Å². The molecular weight excluding hydrogens is 591 g/mol. The molecule has 0 aliphatic heterocycles. The molecule has 0 amide bonds. The van der Waals surface area contributed by atoms with Crippen LogP contribution < -0.4 is 0 Å². The molecule has 0 aliphatic rings. The van der Waals surface area contributed by atoms with E-state index in [-0.39, 0.29) is 19.4 Å². The Morgan fingerprint density at radius 3 is 1.38 bits per heavy atom. The summed E-state index contributed by atoms with van der Waals surface area (Å²) >= 11 is 0. The Kier molecular flexibility index (Phi) is 31.8. The first-order valence-corrected chi connectivity index (χ1v) is 20.0. The molecule has 45 heavy (non-hydrogen) atoms. The molecule has 0 bridgehead atoms. The van der Waals surface area contributed by atoms with Gasteiger partial charge in [-0.25, -0.2) is 4.57 Å². The molecule has 1 atom stereocenters. The maximum atomic E-state index is 12.3. The molecule has 2 N–H and O–H groups in total. The average molecular weight is 661 g/mol. The fourth-order valence-electron chi connectivity index (χ4n) is 5.25. The smallest absolute Gasteiger partial charge is 0.462 e. The van der Waals surface area contributed by atoms with Crippen LogP contribution in [0.5, 0.6) is 0 Å². The van der Waals surface area contributed by atoms with Crippen molar-refractivity contribution in [2.24, 2.45) is 0 Å². The van der Waals surface area contributed by atoms with Gasteiger partial charge in [0.2, 0.25) is 0 Å². The van der Waals surface area contributed by atoms with Crippen molar-refractivity contribution in [2.45, 2.75) is 193 Å². The van der Waals surface area contributed by atoms with E-state index in [0.717, 1.165) is 44.9 Å². The number of carbonyl (C=O) groups excluding carboxylic acids is 2. The lowest BCUT2D eigenvalue weighted by molar-refractivity contribution is -0.161. The zero-order chi connectivity index (χ0) is 33.3. The summed E-state index contributed by atoms with van der Waals surface area (Å²) < 4.78 is 26.3. The number of hydrogen-bond acceptors (Lipinski definition) is 6. The summed E-state index contributed by atoms with van der Waals surface area (Å²) in [5.74, 6) is -0.897. The minimum atomic E-state index is -4.74. The van der Waals surface area contributed by atoms with Crippen molar-refractivity contribution >= 4 is 19.8 Å². The summed E-state index contributed by atoms with van der Waals surface area (Å²) in [5.41, 5.74) is 0. The van der Waals surface area contributed by atoms with Gasteiger partial charge < -0.3 is 19.3 Å². The molecule has 0 heterocycles. The highest BCUT2D eigenvalue weighted by atomic mass is 31.2. The second kappa shape index (κ2) is 32.7. The molecular formula is C36H69O8P. The van der Waals surface area contributed by atoms with Gasteiger partial charge in [0.05, 0.1) is 6.61 Å². The monoisotopic (exact) mass is 660 g/mol. The third-order valence-corrected chi connectivity index (χ3v) is 8.52. The molecule has 0 fully saturated rings. The second-order valence-corrected chi connectivity index (χ2v) is 13.8. The van der Waals surface area contributed by atoms with Crippen LogP contribution in [0.1, 0.15) is 187 Å². The Bertz CT molecular complexity index is 751. The normalized spacial score (nSPS) is 12.5. The zero-order valence-electron chi connectivity index (χ0n) is 29.0. The first-order valence-electron chi connectivity index (χ1n) is 18.5. The zero-order valence-corrected chi connectivity index (χ0v) is 29.9. The molecule has 8 nitrogen and oxygen atoms in total. The Balaban J connectivity index is 3.97. The van der Waals surface area contributed by atoms with Crippen molar-refractivity contribution in [3.63, 3.8) is 0 Å². The van der Waals surface area contributed by atoms with Crippen LogP contribution in [0.2, 0.25) is 0 Å². The van der Waals surface area contributed by atoms with Gasteiger partial charge in [0, 0.05) is 12.8 Å². The van der Waals surface area contributed by atoms with E-state index in [1.165, 1.54) is 109 Å². The van der Waals surface area contributed by atoms with E-state index in [0.29, 0.717) is 6.42 Å². The molecule has 0 aromatic carbocycles. The molecule has 0 aromatic rings. The average Bonchev–Trinajstić information content (AvgIpc) is 3.00. The minimum Gasteiger partial charge on any atom is -0.462 e. The lowest BCUT2D eigenvalue weighted by atomic mass is 10.0. The van der Waals surface area contributed by atoms with Crippen LogP contribution >= 0.6 is 7.82 Å². The van der Waals surface area contributed by atoms with Crippen LogP contribution in [-0.4, -0.2) is 41.0 Å². The Labute approximate surface area is 276 Å². The molecule has 0 rings (SSSR count). The first-order chi connectivity index (χ1) is 21.8. The maximum absolute atomic E-state index is 12.3. The predicted molar refractivity (Wildman–Crippen MR) is 184 cm³/mol. The number of hydrogen-bond donors (Lipinski definition) is 2. The fraction of sp³-hybridized carbons (Fsp3) is 0.889. The van der Waals surface area contributed by atoms with Gasteiger partial charge in [0.1, 0.15) is 6.61 Å². The molecule has 0 unspecified atom stereocenters. The molecule has 266 valence electrons. The number of unbranched alkanes of at least 4 members (excludes halogenated alkanes) is 22. The highest BCUT2D eigenvalue weighted by Gasteiger charge is 2.22. The third-order valence-electron chi connectivity index (χ3n) is 8.03. The lowest BCUT2D eigenvalue weighted by Crippen LogP contribution is -2.29. The predicted octanol–water partition coefficient (Wildman–Crippen LogP) is 10.7. The molecule has 0 aliphatic carbocycles. The molecule has 0 saturated heterocycles. The number of ether oxygens (including phenoxy) is 2. The van der Waals surface area contributed by atoms with E-state index < -0.39 is 32.5 Å². The summed E-state index contributed by atoms with van der Waals surface area (Å²) in [6, 6.07) is 0. The van der Waals surface area contributed by atoms with E-state index in [1.807, 2.05) is 0 Å². The van der Waals surface area contributed by atoms with E-state index >= 15 is 0 Å². The van der Waals surface area contributed by atoms with Crippen molar-refractivity contribution in [3.05, 3.63) is 12.2 Å². The number of carbonyl (C=O) groups is 2. The summed E-state index contributed by atoms with van der Waals surface area (Å²) in [4.78, 5) is 42.6. The highest BCUT2D eigenvalue weighted by Crippen LogP contribution is 2.36. The standard InChI is InChI=1S/C36H69O8P/c1-3-5-7-9-11-13-15-17-19-20-22-24-26-28-30-35(37)42-32-34(33-43-45(39,40)41)44-36(38)31-29-27-25-23-21-18-16-14-12-10-8-6-4-2/h18,21,34H,3-17,19-20,22-33H2,1-2H3,(H2,39,40,41)/b21-18+/t34-/m1/s1. The van der Waals surface area contributed by atoms with Gasteiger partial charge in [0.15, 0.2) is 6.10 Å². The number of phosphoric acid groups is 1. The molecule has 0 radical (unpaired) electrons. The van der Waals surface area contributed by atoms with Crippen LogP contribution in [-0.2, 0) is 28.2 Å². The fourth-order valence-corrected chi connectivity index (χ4v) is 5.61. The van der Waals surface area contributed by atoms with Crippen LogP contribution in [0.3, 0.4) is 0 Å². The van der Waals surface area contributed by atoms with E-state index in [4.69, 9.17) is 19.3 Å². The van der Waals surface area contributed by atoms with E-state index in [1.54, 1.807) is 0 Å². The third kappa shape index (κ3) is 35.5. The Hall–Kier alpha value is -1.21. The van der Waals surface area contributed by atoms with Gasteiger partial charge in [0.25, 0.3) is 0 Å². The first kappa shape index (κ1) is 43.8. The number of rotatable bonds is 34. The van der Waals surface area contributed by atoms with Gasteiger partial charge in [-0.1, -0.05) is 148 Å². The van der Waals surface area contributed by atoms with Crippen molar-refractivity contribution in [2.75, 3.05) is 13.2 Å². The van der Waals surface area contributed by atoms with E-state index in [2.05, 4.69) is 30.5 Å². The largest absolute Gasteiger partial charge is 0.469 e.